The van der Waals surface area contributed by atoms with E-state index in [9.17, 15) is 4.79 Å². The molecule has 3 rings (SSSR count). The molecule has 0 spiro atoms. The van der Waals surface area contributed by atoms with E-state index in [4.69, 9.17) is 4.42 Å². The predicted octanol–water partition coefficient (Wildman–Crippen LogP) is 4.30. The van der Waals surface area contributed by atoms with Crippen molar-refractivity contribution in [3.63, 3.8) is 0 Å². The normalized spacial score (nSPS) is 12.2. The molecule has 3 aromatic rings. The summed E-state index contributed by atoms with van der Waals surface area (Å²) in [5.41, 5.74) is 2.43. The Kier molecular flexibility index (Phi) is 4.06. The van der Waals surface area contributed by atoms with Crippen molar-refractivity contribution < 1.29 is 9.21 Å². The summed E-state index contributed by atoms with van der Waals surface area (Å²) in [5.74, 6) is -0.125. The summed E-state index contributed by atoms with van der Waals surface area (Å²) in [4.78, 5) is 12.3. The summed E-state index contributed by atoms with van der Waals surface area (Å²) in [5, 5.41) is 3.76. The third kappa shape index (κ3) is 3.00. The number of carbonyl (C=O) groups excluding carboxylic acids is 1. The van der Waals surface area contributed by atoms with E-state index in [1.54, 1.807) is 0 Å². The molecule has 3 nitrogen and oxygen atoms in total. The van der Waals surface area contributed by atoms with Crippen LogP contribution in [-0.2, 0) is 0 Å². The lowest BCUT2D eigenvalue weighted by atomic mass is 10.1. The van der Waals surface area contributed by atoms with E-state index in [1.165, 1.54) is 6.26 Å². The molecule has 106 valence electrons. The standard InChI is InChI=1S/C17H14BrNO2/c18-15(12-6-2-1-3-7-12)10-19-17(20)14-11-21-16-9-5-4-8-13(14)16/h1-9,11,15H,10H2,(H,19,20). The van der Waals surface area contributed by atoms with Gasteiger partial charge in [0.05, 0.1) is 10.4 Å². The number of rotatable bonds is 4. The van der Waals surface area contributed by atoms with E-state index in [0.717, 1.165) is 16.5 Å². The molecule has 1 amide bonds. The minimum atomic E-state index is -0.125. The molecular weight excluding hydrogens is 330 g/mol. The number of furan rings is 1. The van der Waals surface area contributed by atoms with Gasteiger partial charge in [0.25, 0.3) is 5.91 Å². The Bertz CT molecular complexity index is 752. The zero-order valence-electron chi connectivity index (χ0n) is 11.3. The zero-order chi connectivity index (χ0) is 14.7. The van der Waals surface area contributed by atoms with Gasteiger partial charge in [-0.3, -0.25) is 4.79 Å². The molecule has 0 saturated heterocycles. The van der Waals surface area contributed by atoms with Gasteiger partial charge in [0.15, 0.2) is 0 Å². The monoisotopic (exact) mass is 343 g/mol. The van der Waals surface area contributed by atoms with Crippen LogP contribution in [0.15, 0.2) is 65.3 Å². The van der Waals surface area contributed by atoms with E-state index < -0.39 is 0 Å². The van der Waals surface area contributed by atoms with Gasteiger partial charge in [0, 0.05) is 11.9 Å². The number of hydrogen-bond acceptors (Lipinski definition) is 2. The molecule has 1 atom stereocenters. The molecule has 1 aromatic heterocycles. The average Bonchev–Trinajstić information content (AvgIpc) is 2.97. The zero-order valence-corrected chi connectivity index (χ0v) is 12.8. The van der Waals surface area contributed by atoms with Crippen LogP contribution in [0.5, 0.6) is 0 Å². The highest BCUT2D eigenvalue weighted by atomic mass is 79.9. The fourth-order valence-corrected chi connectivity index (χ4v) is 2.68. The van der Waals surface area contributed by atoms with Gasteiger partial charge in [-0.2, -0.15) is 0 Å². The van der Waals surface area contributed by atoms with Crippen LogP contribution in [0.3, 0.4) is 0 Å². The number of fused-ring (bicyclic) bond motifs is 1. The minimum Gasteiger partial charge on any atom is -0.463 e. The van der Waals surface area contributed by atoms with E-state index in [2.05, 4.69) is 21.2 Å². The van der Waals surface area contributed by atoms with Crippen molar-refractivity contribution in [1.29, 1.82) is 0 Å². The molecule has 0 radical (unpaired) electrons. The summed E-state index contributed by atoms with van der Waals surface area (Å²) < 4.78 is 5.39. The second-order valence-corrected chi connectivity index (χ2v) is 5.84. The fraction of sp³-hybridized carbons (Fsp3) is 0.118. The maximum atomic E-state index is 12.3. The fourth-order valence-electron chi connectivity index (χ4n) is 2.21. The van der Waals surface area contributed by atoms with Crippen LogP contribution in [0, 0.1) is 0 Å². The molecule has 0 saturated carbocycles. The van der Waals surface area contributed by atoms with Crippen molar-refractivity contribution >= 4 is 32.8 Å². The molecule has 0 bridgehead atoms. The molecule has 1 heterocycles. The molecule has 0 fully saturated rings. The first-order valence-corrected chi connectivity index (χ1v) is 7.61. The molecule has 1 N–H and O–H groups in total. The first-order valence-electron chi connectivity index (χ1n) is 6.69. The van der Waals surface area contributed by atoms with Crippen LogP contribution in [-0.4, -0.2) is 12.5 Å². The SMILES string of the molecule is O=C(NCC(Br)c1ccccc1)c1coc2ccccc12. The molecule has 21 heavy (non-hydrogen) atoms. The van der Waals surface area contributed by atoms with Crippen molar-refractivity contribution in [1.82, 2.24) is 5.32 Å². The first kappa shape index (κ1) is 13.9. The minimum absolute atomic E-state index is 0.0841. The smallest absolute Gasteiger partial charge is 0.255 e. The number of carbonyl (C=O) groups is 1. The summed E-state index contributed by atoms with van der Waals surface area (Å²) in [6, 6.07) is 17.5. The highest BCUT2D eigenvalue weighted by Crippen LogP contribution is 2.23. The Morgan fingerprint density at radius 2 is 1.81 bits per heavy atom. The molecule has 0 aliphatic heterocycles. The topological polar surface area (TPSA) is 42.2 Å². The molecule has 4 heteroatoms. The van der Waals surface area contributed by atoms with Gasteiger partial charge < -0.3 is 9.73 Å². The van der Waals surface area contributed by atoms with Crippen molar-refractivity contribution in [2.24, 2.45) is 0 Å². The number of alkyl halides is 1. The number of benzene rings is 2. The van der Waals surface area contributed by atoms with Crippen molar-refractivity contribution in [3.8, 4) is 0 Å². The Balaban J connectivity index is 1.70. The van der Waals surface area contributed by atoms with Crippen LogP contribution in [0.25, 0.3) is 11.0 Å². The van der Waals surface area contributed by atoms with Crippen molar-refractivity contribution in [2.45, 2.75) is 4.83 Å². The quantitative estimate of drug-likeness (QED) is 0.717. The van der Waals surface area contributed by atoms with Crippen LogP contribution >= 0.6 is 15.9 Å². The van der Waals surface area contributed by atoms with Gasteiger partial charge in [0.2, 0.25) is 0 Å². The number of hydrogen-bond donors (Lipinski definition) is 1. The van der Waals surface area contributed by atoms with E-state index >= 15 is 0 Å². The Morgan fingerprint density at radius 3 is 2.62 bits per heavy atom. The number of halogens is 1. The summed E-state index contributed by atoms with van der Waals surface area (Å²) in [7, 11) is 0. The second kappa shape index (κ2) is 6.14. The van der Waals surface area contributed by atoms with Crippen LogP contribution in [0.2, 0.25) is 0 Å². The van der Waals surface area contributed by atoms with Crippen molar-refractivity contribution in [2.75, 3.05) is 6.54 Å². The predicted molar refractivity (Wildman–Crippen MR) is 86.7 cm³/mol. The van der Waals surface area contributed by atoms with Gasteiger partial charge in [0.1, 0.15) is 11.8 Å². The Labute approximate surface area is 131 Å². The largest absolute Gasteiger partial charge is 0.463 e. The highest BCUT2D eigenvalue weighted by Gasteiger charge is 2.15. The summed E-state index contributed by atoms with van der Waals surface area (Å²) in [6.45, 7) is 0.516. The third-order valence-corrected chi connectivity index (χ3v) is 4.18. The Hall–Kier alpha value is -2.07. The van der Waals surface area contributed by atoms with Crippen LogP contribution in [0.4, 0.5) is 0 Å². The van der Waals surface area contributed by atoms with E-state index in [0.29, 0.717) is 12.1 Å². The van der Waals surface area contributed by atoms with Gasteiger partial charge >= 0.3 is 0 Å². The lowest BCUT2D eigenvalue weighted by Crippen LogP contribution is -2.26. The molecule has 0 aliphatic carbocycles. The Morgan fingerprint density at radius 1 is 1.10 bits per heavy atom. The summed E-state index contributed by atoms with van der Waals surface area (Å²) >= 11 is 3.59. The maximum Gasteiger partial charge on any atom is 0.255 e. The van der Waals surface area contributed by atoms with Gasteiger partial charge in [-0.05, 0) is 11.6 Å². The molecule has 0 aliphatic rings. The van der Waals surface area contributed by atoms with Gasteiger partial charge in [-0.15, -0.1) is 0 Å². The van der Waals surface area contributed by atoms with Crippen LogP contribution in [0.1, 0.15) is 20.7 Å². The maximum absolute atomic E-state index is 12.3. The molecule has 1 unspecified atom stereocenters. The molecule has 2 aromatic carbocycles. The molecular formula is C17H14BrNO2. The number of nitrogens with one attached hydrogen (secondary N) is 1. The third-order valence-electron chi connectivity index (χ3n) is 3.33. The van der Waals surface area contributed by atoms with E-state index in [-0.39, 0.29) is 10.7 Å². The van der Waals surface area contributed by atoms with Crippen molar-refractivity contribution in [3.05, 3.63) is 72.0 Å². The highest BCUT2D eigenvalue weighted by molar-refractivity contribution is 9.09. The lowest BCUT2D eigenvalue weighted by Gasteiger charge is -2.11. The summed E-state index contributed by atoms with van der Waals surface area (Å²) in [6.07, 6.45) is 1.51. The van der Waals surface area contributed by atoms with E-state index in [1.807, 2.05) is 54.6 Å². The second-order valence-electron chi connectivity index (χ2n) is 4.73. The van der Waals surface area contributed by atoms with Crippen LogP contribution < -0.4 is 5.32 Å². The average molecular weight is 344 g/mol. The first-order chi connectivity index (χ1) is 10.3. The van der Waals surface area contributed by atoms with Gasteiger partial charge in [-0.1, -0.05) is 64.5 Å². The van der Waals surface area contributed by atoms with Gasteiger partial charge in [-0.25, -0.2) is 0 Å². The number of amides is 1. The lowest BCUT2D eigenvalue weighted by molar-refractivity contribution is 0.0955. The number of para-hydroxylation sites is 1.